The van der Waals surface area contributed by atoms with Crippen LogP contribution in [0.15, 0.2) is 32.5 Å². The summed E-state index contributed by atoms with van der Waals surface area (Å²) in [5.74, 6) is -1.39. The highest BCUT2D eigenvalue weighted by Crippen LogP contribution is 2.49. The van der Waals surface area contributed by atoms with Gasteiger partial charge in [-0.3, -0.25) is 48.9 Å². The van der Waals surface area contributed by atoms with E-state index in [1.165, 1.54) is 17.2 Å². The number of carbonyl (C=O) groups is 2. The van der Waals surface area contributed by atoms with Crippen molar-refractivity contribution in [2.75, 3.05) is 23.8 Å². The zero-order valence-corrected chi connectivity index (χ0v) is 42.6. The molecular weight excluding hydrogens is 937 g/mol. The van der Waals surface area contributed by atoms with Gasteiger partial charge in [-0.25, -0.2) is 9.97 Å². The molecule has 3 aliphatic rings. The monoisotopic (exact) mass is 998 g/mol. The predicted octanol–water partition coefficient (Wildman–Crippen LogP) is 4.89. The lowest BCUT2D eigenvalue weighted by Gasteiger charge is -2.51. The number of hydrogen-bond acceptors (Lipinski definition) is 17. The summed E-state index contributed by atoms with van der Waals surface area (Å²) < 4.78 is 36.2. The van der Waals surface area contributed by atoms with Gasteiger partial charge < -0.3 is 32.7 Å². The first-order valence-corrected chi connectivity index (χ1v) is 26.7. The average molecular weight is 999 g/mol. The molecule has 8 atom stereocenters. The molecule has 3 aliphatic heterocycles. The summed E-state index contributed by atoms with van der Waals surface area (Å²) in [6.45, 7) is 23.6. The second kappa shape index (κ2) is 21.2. The largest absolute Gasteiger partial charge is 0.414 e. The summed E-state index contributed by atoms with van der Waals surface area (Å²) in [6, 6.07) is -1.91. The Morgan fingerprint density at radius 1 is 0.768 bits per heavy atom. The molecule has 0 aliphatic carbocycles. The number of aliphatic hydroxyl groups is 2. The number of imidazole rings is 2. The second-order valence-electron chi connectivity index (χ2n) is 19.0. The van der Waals surface area contributed by atoms with Crippen molar-refractivity contribution in [3.63, 3.8) is 0 Å². The molecule has 29 heteroatoms. The van der Waals surface area contributed by atoms with Gasteiger partial charge in [-0.2, -0.15) is 9.97 Å². The van der Waals surface area contributed by atoms with Crippen LogP contribution in [0.4, 0.5) is 11.9 Å². The van der Waals surface area contributed by atoms with E-state index in [1.807, 2.05) is 0 Å². The maximum Gasteiger partial charge on any atom is 0.335 e. The molecule has 3 fully saturated rings. The van der Waals surface area contributed by atoms with E-state index in [0.717, 1.165) is 0 Å². The Kier molecular flexibility index (Phi) is 16.2. The minimum Gasteiger partial charge on any atom is -0.414 e. The highest BCUT2D eigenvalue weighted by Gasteiger charge is 2.62. The molecule has 27 nitrogen and oxygen atoms in total. The van der Waals surface area contributed by atoms with Crippen LogP contribution >= 0.6 is 0 Å². The smallest absolute Gasteiger partial charge is 0.335 e. The van der Waals surface area contributed by atoms with Crippen LogP contribution in [0.5, 0.6) is 0 Å². The standard InChI is InChI=1S/C26H44N8O6Si2.C14H18N8O5/c1-13(2)23(35)30-26-29-22-20(24(36)31-26)28-12-34(22)25-19(32-33-27)21-18(38-25)11-37-41(14(3)4,15(5)6)40-42(39-21,16(7)8)17(9)10;1-5(2)11(25)18-14-17-10-8(12(26)19-14)16-4-22(10)13-7(20-21-15)9(24)6(3-23)27-13/h12-19,21,25H,11H2,1-10H3,(H2,29,30,31,35,36);4-7,9,13,23-24H,3H2,1-2H3,(H2,17,18,19,25,26)/t18-,19-,21-,25-;6-,7-,9-,13-/m11/s1. The van der Waals surface area contributed by atoms with Crippen LogP contribution in [0, 0.1) is 11.8 Å². The van der Waals surface area contributed by atoms with Crippen molar-refractivity contribution in [1.29, 1.82) is 0 Å². The van der Waals surface area contributed by atoms with E-state index in [1.54, 1.807) is 32.3 Å². The predicted molar refractivity (Wildman–Crippen MR) is 254 cm³/mol. The summed E-state index contributed by atoms with van der Waals surface area (Å²) in [6.07, 6.45) is -2.75. The Bertz CT molecular complexity index is 2710. The fraction of sp³-hybridized carbons (Fsp3) is 0.700. The Labute approximate surface area is 397 Å². The van der Waals surface area contributed by atoms with Crippen molar-refractivity contribution in [2.45, 2.75) is 154 Å². The molecule has 0 spiro atoms. The maximum atomic E-state index is 12.9. The first-order chi connectivity index (χ1) is 32.5. The van der Waals surface area contributed by atoms with E-state index >= 15 is 0 Å². The van der Waals surface area contributed by atoms with E-state index in [9.17, 15) is 34.9 Å². The van der Waals surface area contributed by atoms with Gasteiger partial charge in [0.05, 0.1) is 38.1 Å². The molecule has 0 bridgehead atoms. The molecule has 4 aromatic rings. The van der Waals surface area contributed by atoms with Gasteiger partial charge >= 0.3 is 17.1 Å². The van der Waals surface area contributed by atoms with Crippen molar-refractivity contribution in [3.05, 3.63) is 54.2 Å². The summed E-state index contributed by atoms with van der Waals surface area (Å²) >= 11 is 0. The molecule has 0 aromatic carbocycles. The minimum atomic E-state index is -3.02. The number of nitrogens with zero attached hydrogens (tertiary/aromatic N) is 12. The number of nitrogens with one attached hydrogen (secondary N) is 4. The maximum absolute atomic E-state index is 12.9. The molecule has 6 N–H and O–H groups in total. The number of aliphatic hydroxyl groups excluding tert-OH is 2. The number of rotatable bonds is 13. The first-order valence-electron chi connectivity index (χ1n) is 22.8. The van der Waals surface area contributed by atoms with Gasteiger partial charge in [0.2, 0.25) is 23.7 Å². The molecule has 7 heterocycles. The van der Waals surface area contributed by atoms with Crippen molar-refractivity contribution in [3.8, 4) is 0 Å². The lowest BCUT2D eigenvalue weighted by Crippen LogP contribution is -2.65. The van der Waals surface area contributed by atoms with E-state index in [-0.39, 0.29) is 86.6 Å². The van der Waals surface area contributed by atoms with E-state index < -0.39 is 83.8 Å². The molecule has 0 radical (unpaired) electrons. The summed E-state index contributed by atoms with van der Waals surface area (Å²) in [7, 11) is -5.84. The molecule has 2 amide bonds. The molecule has 0 saturated carbocycles. The van der Waals surface area contributed by atoms with Crippen molar-refractivity contribution >= 4 is 63.2 Å². The van der Waals surface area contributed by atoms with Crippen LogP contribution in [0.1, 0.15) is 95.5 Å². The normalized spacial score (nSPS) is 25.3. The van der Waals surface area contributed by atoms with Gasteiger partial charge in [-0.05, 0) is 33.2 Å². The van der Waals surface area contributed by atoms with Gasteiger partial charge in [0.15, 0.2) is 22.3 Å². The number of carbonyl (C=O) groups excluding carboxylic acids is 2. The molecule has 0 unspecified atom stereocenters. The number of anilines is 2. The van der Waals surface area contributed by atoms with Crippen LogP contribution in [0.25, 0.3) is 43.2 Å². The third-order valence-corrected chi connectivity index (χ3v) is 22.7. The fourth-order valence-corrected chi connectivity index (χ4v) is 19.9. The quantitative estimate of drug-likeness (QED) is 0.0449. The highest BCUT2D eigenvalue weighted by molar-refractivity contribution is 6.84. The number of azide groups is 2. The van der Waals surface area contributed by atoms with E-state index in [0.29, 0.717) is 0 Å². The van der Waals surface area contributed by atoms with Crippen molar-refractivity contribution in [1.82, 2.24) is 39.0 Å². The van der Waals surface area contributed by atoms with Crippen molar-refractivity contribution < 1.29 is 42.2 Å². The number of aromatic amines is 2. The average Bonchev–Trinajstić information content (AvgIpc) is 4.05. The van der Waals surface area contributed by atoms with E-state index in [2.05, 4.69) is 116 Å². The van der Waals surface area contributed by atoms with Crippen LogP contribution in [-0.4, -0.2) is 128 Å². The Morgan fingerprint density at radius 3 is 1.64 bits per heavy atom. The molecular formula is C40H62N16O11Si2. The van der Waals surface area contributed by atoms with Crippen LogP contribution in [-0.2, 0) is 32.0 Å². The molecule has 3 saturated heterocycles. The minimum absolute atomic E-state index is 0.0130. The lowest BCUT2D eigenvalue weighted by molar-refractivity contribution is -0.119. The number of fused-ring (bicyclic) bond motifs is 3. The topological polar surface area (TPSA) is 369 Å². The Hall–Kier alpha value is -5.59. The fourth-order valence-electron chi connectivity index (χ4n) is 8.71. The molecule has 7 rings (SSSR count). The van der Waals surface area contributed by atoms with Gasteiger partial charge in [0.1, 0.15) is 36.7 Å². The highest BCUT2D eigenvalue weighted by atomic mass is 28.5. The summed E-state index contributed by atoms with van der Waals surface area (Å²) in [5.41, 5.74) is 18.0. The van der Waals surface area contributed by atoms with Gasteiger partial charge in [-0.1, -0.05) is 93.3 Å². The van der Waals surface area contributed by atoms with Crippen LogP contribution in [0.2, 0.25) is 22.2 Å². The lowest BCUT2D eigenvalue weighted by atomic mass is 10.1. The third kappa shape index (κ3) is 10.2. The van der Waals surface area contributed by atoms with Gasteiger partial charge in [0, 0.05) is 21.7 Å². The Balaban J connectivity index is 0.000000249. The number of H-pyrrole nitrogens is 2. The number of aromatic nitrogens is 8. The number of amides is 2. The first kappa shape index (κ1) is 52.8. The number of ether oxygens (including phenoxy) is 2. The molecule has 376 valence electrons. The summed E-state index contributed by atoms with van der Waals surface area (Å²) in [4.78, 5) is 77.0. The zero-order valence-electron chi connectivity index (χ0n) is 40.6. The number of hydrogen-bond donors (Lipinski definition) is 6. The van der Waals surface area contributed by atoms with Gasteiger partial charge in [-0.15, -0.1) is 0 Å². The summed E-state index contributed by atoms with van der Waals surface area (Å²) in [5, 5.41) is 32.3. The molecule has 4 aromatic heterocycles. The van der Waals surface area contributed by atoms with E-state index in [4.69, 9.17) is 28.0 Å². The van der Waals surface area contributed by atoms with Crippen LogP contribution in [0.3, 0.4) is 0 Å². The van der Waals surface area contributed by atoms with Gasteiger partial charge in [0.25, 0.3) is 11.1 Å². The molecule has 69 heavy (non-hydrogen) atoms. The second-order valence-corrected chi connectivity index (χ2v) is 27.9. The third-order valence-electron chi connectivity index (χ3n) is 12.5. The van der Waals surface area contributed by atoms with Crippen molar-refractivity contribution in [2.24, 2.45) is 22.1 Å². The zero-order chi connectivity index (χ0) is 50.9. The van der Waals surface area contributed by atoms with Crippen LogP contribution < -0.4 is 21.8 Å². The Morgan fingerprint density at radius 2 is 1.22 bits per heavy atom. The SMILES string of the molecule is CC(C)C(=O)Nc1nc2c(ncn2[C@@H]2O[C@@H]3CO[Si](C(C)C)(C(C)C)O[Si](C(C)C)(C(C)C)O[C@H]3[C@H]2N=[N+]=[N-])c(=O)[nH]1.CC(C)C(=O)Nc1nc2c(ncn2[C@@H]2O[C@H](CO)[C@@H](O)[C@H]2N=[N+]=[N-])c(=O)[nH]1.